The minimum absolute atomic E-state index is 0.0349. The van der Waals surface area contributed by atoms with Gasteiger partial charge in [0.05, 0.1) is 19.8 Å². The summed E-state index contributed by atoms with van der Waals surface area (Å²) >= 11 is 0. The van der Waals surface area contributed by atoms with Crippen LogP contribution < -0.4 is 5.32 Å². The normalized spacial score (nSPS) is 16.6. The van der Waals surface area contributed by atoms with Crippen LogP contribution in [0.1, 0.15) is 13.8 Å². The fourth-order valence-corrected chi connectivity index (χ4v) is 1.29. The zero-order valence-corrected chi connectivity index (χ0v) is 9.28. The molecular formula is C10H18N2O3. The summed E-state index contributed by atoms with van der Waals surface area (Å²) in [6.45, 7) is 6.11. The van der Waals surface area contributed by atoms with E-state index in [0.29, 0.717) is 26.3 Å². The van der Waals surface area contributed by atoms with E-state index in [4.69, 9.17) is 4.74 Å². The number of ether oxygens (including phenoxy) is 1. The first-order valence-electron chi connectivity index (χ1n) is 5.24. The molecule has 2 amide bonds. The summed E-state index contributed by atoms with van der Waals surface area (Å²) in [6, 6.07) is 0. The van der Waals surface area contributed by atoms with Crippen molar-refractivity contribution < 1.29 is 14.3 Å². The van der Waals surface area contributed by atoms with Gasteiger partial charge in [-0.05, 0) is 0 Å². The fourth-order valence-electron chi connectivity index (χ4n) is 1.29. The molecule has 0 spiro atoms. The zero-order chi connectivity index (χ0) is 11.3. The van der Waals surface area contributed by atoms with E-state index in [0.717, 1.165) is 0 Å². The van der Waals surface area contributed by atoms with Gasteiger partial charge < -0.3 is 15.0 Å². The molecule has 1 aliphatic rings. The second-order valence-electron chi connectivity index (χ2n) is 3.87. The number of carbonyl (C=O) groups is 2. The Morgan fingerprint density at radius 1 is 1.33 bits per heavy atom. The summed E-state index contributed by atoms with van der Waals surface area (Å²) in [5.74, 6) is -0.202. The Balaban J connectivity index is 2.26. The number of carbonyl (C=O) groups excluding carboxylic acids is 2. The predicted octanol–water partition coefficient (Wildman–Crippen LogP) is -0.383. The van der Waals surface area contributed by atoms with Gasteiger partial charge >= 0.3 is 0 Å². The van der Waals surface area contributed by atoms with Crippen molar-refractivity contribution in [3.05, 3.63) is 0 Å². The molecule has 5 nitrogen and oxygen atoms in total. The second-order valence-corrected chi connectivity index (χ2v) is 3.87. The summed E-state index contributed by atoms with van der Waals surface area (Å²) in [7, 11) is 0. The Morgan fingerprint density at radius 2 is 1.93 bits per heavy atom. The SMILES string of the molecule is CC(C)C(=O)NCC(=O)N1CCOCC1. The van der Waals surface area contributed by atoms with E-state index >= 15 is 0 Å². The minimum atomic E-state index is -0.0865. The van der Waals surface area contributed by atoms with Gasteiger partial charge in [-0.1, -0.05) is 13.8 Å². The summed E-state index contributed by atoms with van der Waals surface area (Å²) in [5.41, 5.74) is 0. The van der Waals surface area contributed by atoms with Crippen molar-refractivity contribution in [2.24, 2.45) is 5.92 Å². The lowest BCUT2D eigenvalue weighted by Crippen LogP contribution is -2.46. The molecule has 1 N–H and O–H groups in total. The Hall–Kier alpha value is -1.10. The molecule has 5 heteroatoms. The standard InChI is InChI=1S/C10H18N2O3/c1-8(2)10(14)11-7-9(13)12-3-5-15-6-4-12/h8H,3-7H2,1-2H3,(H,11,14). The highest BCUT2D eigenvalue weighted by Gasteiger charge is 2.17. The van der Waals surface area contributed by atoms with Crippen LogP contribution in [0, 0.1) is 5.92 Å². The maximum atomic E-state index is 11.6. The molecule has 1 aliphatic heterocycles. The first-order chi connectivity index (χ1) is 7.11. The number of morpholine rings is 1. The number of hydrogen-bond donors (Lipinski definition) is 1. The third-order valence-electron chi connectivity index (χ3n) is 2.30. The average Bonchev–Trinajstić information content (AvgIpc) is 2.26. The molecule has 0 radical (unpaired) electrons. The van der Waals surface area contributed by atoms with Crippen LogP contribution in [0.4, 0.5) is 0 Å². The van der Waals surface area contributed by atoms with Crippen LogP contribution >= 0.6 is 0 Å². The van der Waals surface area contributed by atoms with E-state index in [9.17, 15) is 9.59 Å². The fraction of sp³-hybridized carbons (Fsp3) is 0.800. The van der Waals surface area contributed by atoms with Gasteiger partial charge in [0, 0.05) is 19.0 Å². The maximum absolute atomic E-state index is 11.6. The van der Waals surface area contributed by atoms with Gasteiger partial charge in [-0.15, -0.1) is 0 Å². The highest BCUT2D eigenvalue weighted by Crippen LogP contribution is 1.97. The van der Waals surface area contributed by atoms with Crippen LogP contribution in [-0.2, 0) is 14.3 Å². The molecule has 0 saturated carbocycles. The Kier molecular flexibility index (Phi) is 4.55. The van der Waals surface area contributed by atoms with Crippen LogP contribution in [0.25, 0.3) is 0 Å². The Morgan fingerprint density at radius 3 is 2.47 bits per heavy atom. The van der Waals surface area contributed by atoms with Crippen LogP contribution in [-0.4, -0.2) is 49.6 Å². The van der Waals surface area contributed by atoms with Crippen molar-refractivity contribution in [3.63, 3.8) is 0 Å². The molecule has 1 heterocycles. The van der Waals surface area contributed by atoms with Gasteiger partial charge in [0.15, 0.2) is 0 Å². The second kappa shape index (κ2) is 5.70. The lowest BCUT2D eigenvalue weighted by atomic mass is 10.2. The summed E-state index contributed by atoms with van der Waals surface area (Å²) < 4.78 is 5.13. The van der Waals surface area contributed by atoms with Gasteiger partial charge in [0.1, 0.15) is 0 Å². The number of rotatable bonds is 3. The zero-order valence-electron chi connectivity index (χ0n) is 9.28. The summed E-state index contributed by atoms with van der Waals surface area (Å²) in [4.78, 5) is 24.5. The van der Waals surface area contributed by atoms with Crippen molar-refractivity contribution in [3.8, 4) is 0 Å². The maximum Gasteiger partial charge on any atom is 0.242 e. The molecule has 1 rings (SSSR count). The first kappa shape index (κ1) is 12.0. The highest BCUT2D eigenvalue weighted by molar-refractivity contribution is 5.85. The third kappa shape index (κ3) is 3.87. The Labute approximate surface area is 89.8 Å². The lowest BCUT2D eigenvalue weighted by Gasteiger charge is -2.27. The molecule has 0 unspecified atom stereocenters. The van der Waals surface area contributed by atoms with Crippen LogP contribution in [0.15, 0.2) is 0 Å². The molecule has 0 bridgehead atoms. The molecule has 1 fully saturated rings. The van der Waals surface area contributed by atoms with Crippen molar-refractivity contribution in [1.29, 1.82) is 0 Å². The van der Waals surface area contributed by atoms with Crippen LogP contribution in [0.5, 0.6) is 0 Å². The summed E-state index contributed by atoms with van der Waals surface area (Å²) in [5, 5.41) is 2.61. The molecule has 0 aliphatic carbocycles. The topological polar surface area (TPSA) is 58.6 Å². The van der Waals surface area contributed by atoms with Gasteiger partial charge in [-0.3, -0.25) is 9.59 Å². The van der Waals surface area contributed by atoms with Gasteiger partial charge in [0.2, 0.25) is 11.8 Å². The minimum Gasteiger partial charge on any atom is -0.378 e. The van der Waals surface area contributed by atoms with Crippen molar-refractivity contribution in [2.75, 3.05) is 32.8 Å². The molecule has 0 atom stereocenters. The van der Waals surface area contributed by atoms with Gasteiger partial charge in [0.25, 0.3) is 0 Å². The first-order valence-corrected chi connectivity index (χ1v) is 5.24. The monoisotopic (exact) mass is 214 g/mol. The van der Waals surface area contributed by atoms with E-state index < -0.39 is 0 Å². The summed E-state index contributed by atoms with van der Waals surface area (Å²) in [6.07, 6.45) is 0. The van der Waals surface area contributed by atoms with E-state index in [1.165, 1.54) is 0 Å². The number of nitrogens with one attached hydrogen (secondary N) is 1. The predicted molar refractivity (Wildman–Crippen MR) is 55.2 cm³/mol. The molecule has 0 aromatic carbocycles. The average molecular weight is 214 g/mol. The van der Waals surface area contributed by atoms with E-state index in [1.807, 2.05) is 0 Å². The molecule has 0 aromatic rings. The molecule has 86 valence electrons. The number of nitrogens with zero attached hydrogens (tertiary/aromatic N) is 1. The third-order valence-corrected chi connectivity index (χ3v) is 2.30. The van der Waals surface area contributed by atoms with E-state index in [2.05, 4.69) is 5.32 Å². The van der Waals surface area contributed by atoms with Crippen molar-refractivity contribution in [2.45, 2.75) is 13.8 Å². The van der Waals surface area contributed by atoms with E-state index in [-0.39, 0.29) is 24.3 Å². The van der Waals surface area contributed by atoms with Crippen molar-refractivity contribution in [1.82, 2.24) is 10.2 Å². The van der Waals surface area contributed by atoms with Crippen LogP contribution in [0.2, 0.25) is 0 Å². The van der Waals surface area contributed by atoms with Crippen LogP contribution in [0.3, 0.4) is 0 Å². The number of amides is 2. The molecular weight excluding hydrogens is 196 g/mol. The van der Waals surface area contributed by atoms with Gasteiger partial charge in [-0.25, -0.2) is 0 Å². The molecule has 0 aromatic heterocycles. The highest BCUT2D eigenvalue weighted by atomic mass is 16.5. The smallest absolute Gasteiger partial charge is 0.242 e. The number of hydrogen-bond acceptors (Lipinski definition) is 3. The molecule has 15 heavy (non-hydrogen) atoms. The van der Waals surface area contributed by atoms with Gasteiger partial charge in [-0.2, -0.15) is 0 Å². The quantitative estimate of drug-likeness (QED) is 0.696. The largest absolute Gasteiger partial charge is 0.378 e. The van der Waals surface area contributed by atoms with E-state index in [1.54, 1.807) is 18.7 Å². The van der Waals surface area contributed by atoms with Crippen molar-refractivity contribution >= 4 is 11.8 Å². The Bertz CT molecular complexity index is 235. The molecule has 1 saturated heterocycles. The lowest BCUT2D eigenvalue weighted by molar-refractivity contribution is -0.136.